The van der Waals surface area contributed by atoms with Gasteiger partial charge in [0.2, 0.25) is 17.7 Å². The lowest BCUT2D eigenvalue weighted by molar-refractivity contribution is -0.143. The van der Waals surface area contributed by atoms with Gasteiger partial charge in [0.05, 0.1) is 87.5 Å². The molecule has 2 aromatic heterocycles. The van der Waals surface area contributed by atoms with Crippen LogP contribution in [0.3, 0.4) is 0 Å². The fourth-order valence-electron chi connectivity index (χ4n) is 10.9. The van der Waals surface area contributed by atoms with Crippen molar-refractivity contribution in [1.82, 2.24) is 35.7 Å². The Hall–Kier alpha value is -3.86. The van der Waals surface area contributed by atoms with Gasteiger partial charge in [0.25, 0.3) is 0 Å². The Labute approximate surface area is 409 Å². The van der Waals surface area contributed by atoms with E-state index in [-0.39, 0.29) is 67.1 Å². The Kier molecular flexibility index (Phi) is 20.2. The van der Waals surface area contributed by atoms with Crippen LogP contribution in [0.15, 0.2) is 36.8 Å². The number of hydrogen-bond acceptors (Lipinski definition) is 14. The number of ether oxygens (including phenoxy) is 6. The fourth-order valence-corrected chi connectivity index (χ4v) is 10.9. The number of fused-ring (bicyclic) bond motifs is 1. The van der Waals surface area contributed by atoms with Crippen LogP contribution >= 0.6 is 0 Å². The highest BCUT2D eigenvalue weighted by atomic mass is 19.4. The summed E-state index contributed by atoms with van der Waals surface area (Å²) in [5, 5.41) is 20.5. The molecule has 2 saturated heterocycles. The molecule has 4 fully saturated rings. The number of carbonyl (C=O) groups is 3. The van der Waals surface area contributed by atoms with Gasteiger partial charge in [0, 0.05) is 96.0 Å². The number of nitrogens with one attached hydrogen (secondary N) is 3. The molecule has 20 heteroatoms. The maximum Gasteiger partial charge on any atom is 0.417 e. The van der Waals surface area contributed by atoms with Crippen LogP contribution in [0.5, 0.6) is 0 Å². The molecule has 2 aromatic rings. The molecule has 2 aliphatic carbocycles. The van der Waals surface area contributed by atoms with E-state index < -0.39 is 29.3 Å². The summed E-state index contributed by atoms with van der Waals surface area (Å²) in [5.74, 6) is -0.719. The maximum atomic E-state index is 14.5. The number of hydrogen-bond donors (Lipinski definition) is 4. The lowest BCUT2D eigenvalue weighted by atomic mass is 9.79. The number of methoxy groups -OCH3 is 1. The molecule has 0 aromatic carbocycles. The summed E-state index contributed by atoms with van der Waals surface area (Å²) in [6.45, 7) is 4.93. The third-order valence-corrected chi connectivity index (χ3v) is 14.8. The first-order valence-corrected chi connectivity index (χ1v) is 25.3. The molecular formula is C50H74F3N7O10. The first kappa shape index (κ1) is 53.9. The quantitative estimate of drug-likeness (QED) is 0.0821. The lowest BCUT2D eigenvalue weighted by Crippen LogP contribution is -2.51. The highest BCUT2D eigenvalue weighted by Gasteiger charge is 2.48. The summed E-state index contributed by atoms with van der Waals surface area (Å²) in [5.41, 5.74) is 0.386. The van der Waals surface area contributed by atoms with Crippen LogP contribution in [-0.2, 0) is 61.9 Å². The lowest BCUT2D eigenvalue weighted by Gasteiger charge is -2.38. The van der Waals surface area contributed by atoms with Crippen molar-refractivity contribution in [2.24, 2.45) is 11.3 Å². The minimum absolute atomic E-state index is 0.0336. The van der Waals surface area contributed by atoms with E-state index in [4.69, 9.17) is 28.4 Å². The number of rotatable bonds is 25. The standard InChI is InChI=1S/C50H74F3N7O10/c1-59-45(62)28-40(46(59)34-5-3-16-54-30-34)47(63)56-18-22-69-38-6-8-39(9-7-38)70-26-25-67-24-23-66-21-13-44(61)55-17-4-14-49(15-10-37(29-49)58-42-12-20-68-33-43(42)65-2)48(64)60-19-11-41-35(32-60)27-36(31-57-41)50(51,52)53/h3,5,16,27,30-31,37-40,42-44,46,55,58,61H,4,6-15,17-26,28-29,32-33H2,1-2H3,(H,56,63)/t37-,38?,39?,40+,42+,43-,44?,46-,49+/m1/s1. The van der Waals surface area contributed by atoms with E-state index >= 15 is 0 Å². The average Bonchev–Trinajstić information content (AvgIpc) is 3.92. The molecule has 7 atom stereocenters. The normalized spacial score (nSPS) is 27.7. The SMILES string of the molecule is CO[C@@H]1COCC[C@@H]1N[C@@H]1CC[C@](CCCNC(O)CCOCCOCCOC2CCC(OCCNC(=O)[C@H]3CC(=O)N(C)[C@@H]3c3cccnc3)CC2)(C(=O)N2CCc3ncc(C(F)(F)F)cc3C2)C1. The molecule has 0 radical (unpaired) electrons. The molecule has 2 saturated carbocycles. The van der Waals surface area contributed by atoms with Gasteiger partial charge in [-0.05, 0) is 94.0 Å². The predicted octanol–water partition coefficient (Wildman–Crippen LogP) is 4.10. The molecular weight excluding hydrogens is 916 g/mol. The van der Waals surface area contributed by atoms with Gasteiger partial charge in [0.1, 0.15) is 6.23 Å². The van der Waals surface area contributed by atoms with Gasteiger partial charge >= 0.3 is 6.18 Å². The monoisotopic (exact) mass is 990 g/mol. The van der Waals surface area contributed by atoms with Gasteiger partial charge in [0.15, 0.2) is 0 Å². The summed E-state index contributed by atoms with van der Waals surface area (Å²) in [6.07, 6.45) is 7.62. The number of pyridine rings is 2. The third-order valence-electron chi connectivity index (χ3n) is 14.8. The number of aromatic nitrogens is 2. The Morgan fingerprint density at radius 1 is 1.00 bits per heavy atom. The van der Waals surface area contributed by atoms with Gasteiger partial charge < -0.3 is 54.0 Å². The van der Waals surface area contributed by atoms with Crippen molar-refractivity contribution in [3.8, 4) is 0 Å². The molecule has 70 heavy (non-hydrogen) atoms. The molecule has 1 unspecified atom stereocenters. The molecule has 7 rings (SSSR count). The van der Waals surface area contributed by atoms with Crippen LogP contribution in [0.2, 0.25) is 0 Å². The molecule has 0 bridgehead atoms. The van der Waals surface area contributed by atoms with Crippen molar-refractivity contribution in [2.45, 2.75) is 139 Å². The van der Waals surface area contributed by atoms with Crippen molar-refractivity contribution in [3.63, 3.8) is 0 Å². The van der Waals surface area contributed by atoms with Crippen LogP contribution in [0.4, 0.5) is 13.2 Å². The zero-order valence-corrected chi connectivity index (χ0v) is 40.8. The van der Waals surface area contributed by atoms with Crippen LogP contribution in [0.1, 0.15) is 105 Å². The number of amides is 3. The minimum atomic E-state index is -4.52. The topological polar surface area (TPSA) is 195 Å². The molecule has 390 valence electrons. The number of aliphatic hydroxyl groups excluding tert-OH is 1. The van der Waals surface area contributed by atoms with Crippen LogP contribution < -0.4 is 16.0 Å². The average molecular weight is 990 g/mol. The van der Waals surface area contributed by atoms with Crippen LogP contribution in [0.25, 0.3) is 0 Å². The fraction of sp³-hybridized carbons (Fsp3) is 0.740. The van der Waals surface area contributed by atoms with E-state index in [2.05, 4.69) is 25.9 Å². The molecule has 5 aliphatic rings. The zero-order chi connectivity index (χ0) is 49.5. The zero-order valence-electron chi connectivity index (χ0n) is 40.8. The summed E-state index contributed by atoms with van der Waals surface area (Å²) in [6, 6.07) is 4.67. The summed E-state index contributed by atoms with van der Waals surface area (Å²) >= 11 is 0. The summed E-state index contributed by atoms with van der Waals surface area (Å²) in [4.78, 5) is 51.5. The number of aliphatic hydroxyl groups is 1. The van der Waals surface area contributed by atoms with E-state index in [1.54, 1.807) is 36.4 Å². The van der Waals surface area contributed by atoms with E-state index in [0.29, 0.717) is 122 Å². The van der Waals surface area contributed by atoms with Crippen molar-refractivity contribution >= 4 is 17.7 Å². The number of carbonyl (C=O) groups excluding carboxylic acids is 3. The number of alkyl halides is 3. The summed E-state index contributed by atoms with van der Waals surface area (Å²) < 4.78 is 75.5. The van der Waals surface area contributed by atoms with E-state index in [1.165, 1.54) is 0 Å². The number of halogens is 3. The summed E-state index contributed by atoms with van der Waals surface area (Å²) in [7, 11) is 3.40. The predicted molar refractivity (Wildman–Crippen MR) is 250 cm³/mol. The molecule has 3 amide bonds. The highest BCUT2D eigenvalue weighted by Crippen LogP contribution is 2.45. The first-order valence-electron chi connectivity index (χ1n) is 25.3. The van der Waals surface area contributed by atoms with Crippen LogP contribution in [-0.4, -0.2) is 166 Å². The van der Waals surface area contributed by atoms with E-state index in [9.17, 15) is 32.7 Å². The third kappa shape index (κ3) is 14.9. The second-order valence-electron chi connectivity index (χ2n) is 19.5. The smallest absolute Gasteiger partial charge is 0.379 e. The van der Waals surface area contributed by atoms with Crippen molar-refractivity contribution in [2.75, 3.05) is 86.6 Å². The molecule has 17 nitrogen and oxygen atoms in total. The van der Waals surface area contributed by atoms with Crippen molar-refractivity contribution < 1.29 is 61.1 Å². The van der Waals surface area contributed by atoms with Crippen molar-refractivity contribution in [1.29, 1.82) is 0 Å². The molecule has 5 heterocycles. The van der Waals surface area contributed by atoms with Gasteiger partial charge in [-0.2, -0.15) is 13.2 Å². The van der Waals surface area contributed by atoms with Gasteiger partial charge in [-0.25, -0.2) is 0 Å². The Bertz CT molecular complexity index is 1970. The van der Waals surface area contributed by atoms with E-state index in [1.807, 2.05) is 12.1 Å². The number of nitrogens with zero attached hydrogens (tertiary/aromatic N) is 4. The van der Waals surface area contributed by atoms with Gasteiger partial charge in [-0.3, -0.25) is 29.7 Å². The largest absolute Gasteiger partial charge is 0.417 e. The highest BCUT2D eigenvalue weighted by molar-refractivity contribution is 5.90. The second-order valence-corrected chi connectivity index (χ2v) is 19.5. The minimum Gasteiger partial charge on any atom is -0.379 e. The van der Waals surface area contributed by atoms with Gasteiger partial charge in [-0.15, -0.1) is 0 Å². The number of likely N-dealkylation sites (tertiary alicyclic amines) is 1. The second kappa shape index (κ2) is 26.2. The van der Waals surface area contributed by atoms with Crippen molar-refractivity contribution in [3.05, 3.63) is 59.2 Å². The molecule has 3 aliphatic heterocycles. The first-order chi connectivity index (χ1) is 33.8. The maximum absolute atomic E-state index is 14.5. The van der Waals surface area contributed by atoms with E-state index in [0.717, 1.165) is 56.4 Å². The Balaban J connectivity index is 0.728. The Morgan fingerprint density at radius 2 is 1.76 bits per heavy atom. The molecule has 0 spiro atoms. The van der Waals surface area contributed by atoms with Gasteiger partial charge in [-0.1, -0.05) is 6.07 Å². The Morgan fingerprint density at radius 3 is 2.50 bits per heavy atom. The molecule has 4 N–H and O–H groups in total. The van der Waals surface area contributed by atoms with Crippen LogP contribution in [0, 0.1) is 11.3 Å².